The smallest absolute Gasteiger partial charge is 0.193 e. The van der Waals surface area contributed by atoms with Crippen molar-refractivity contribution in [3.05, 3.63) is 35.8 Å². The van der Waals surface area contributed by atoms with Gasteiger partial charge in [0, 0.05) is 24.3 Å². The second kappa shape index (κ2) is 4.49. The molecule has 4 nitrogen and oxygen atoms in total. The standard InChI is InChI=1S/C11H12N4S/c1-7-4-14-11(15-5-7)16-10-3-9(12)8(2)6-13-10/h3-6H,1-2H3,(H2,12,13). The van der Waals surface area contributed by atoms with Crippen LogP contribution in [0.4, 0.5) is 5.69 Å². The van der Waals surface area contributed by atoms with Crippen LogP contribution in [0.2, 0.25) is 0 Å². The molecule has 2 N–H and O–H groups in total. The Kier molecular flexibility index (Phi) is 3.05. The van der Waals surface area contributed by atoms with Crippen LogP contribution in [-0.2, 0) is 0 Å². The highest BCUT2D eigenvalue weighted by Gasteiger charge is 2.03. The maximum atomic E-state index is 5.80. The van der Waals surface area contributed by atoms with Gasteiger partial charge in [0.15, 0.2) is 5.16 Å². The van der Waals surface area contributed by atoms with Crippen molar-refractivity contribution in [3.8, 4) is 0 Å². The van der Waals surface area contributed by atoms with E-state index in [1.807, 2.05) is 19.9 Å². The molecule has 0 unspecified atom stereocenters. The molecular formula is C11H12N4S. The second-order valence-corrected chi connectivity index (χ2v) is 4.51. The van der Waals surface area contributed by atoms with Crippen LogP contribution in [0.15, 0.2) is 34.8 Å². The number of aryl methyl sites for hydroxylation is 2. The molecule has 0 bridgehead atoms. The number of hydrogen-bond acceptors (Lipinski definition) is 5. The van der Waals surface area contributed by atoms with Crippen molar-refractivity contribution in [1.29, 1.82) is 0 Å². The highest BCUT2D eigenvalue weighted by molar-refractivity contribution is 7.99. The van der Waals surface area contributed by atoms with Crippen molar-refractivity contribution < 1.29 is 0 Å². The van der Waals surface area contributed by atoms with Crippen molar-refractivity contribution in [3.63, 3.8) is 0 Å². The van der Waals surface area contributed by atoms with E-state index in [2.05, 4.69) is 15.0 Å². The first-order valence-corrected chi connectivity index (χ1v) is 5.65. The molecule has 0 spiro atoms. The Hall–Kier alpha value is -1.62. The van der Waals surface area contributed by atoms with Gasteiger partial charge in [0.1, 0.15) is 5.03 Å². The Labute approximate surface area is 98.3 Å². The normalized spacial score (nSPS) is 10.4. The van der Waals surface area contributed by atoms with Crippen molar-refractivity contribution in [1.82, 2.24) is 15.0 Å². The number of nitrogens with zero attached hydrogens (tertiary/aromatic N) is 3. The molecule has 0 saturated carbocycles. The largest absolute Gasteiger partial charge is 0.398 e. The molecule has 0 aliphatic rings. The van der Waals surface area contributed by atoms with E-state index in [0.717, 1.165) is 21.8 Å². The summed E-state index contributed by atoms with van der Waals surface area (Å²) in [6, 6.07) is 1.84. The van der Waals surface area contributed by atoms with E-state index in [1.165, 1.54) is 11.8 Å². The van der Waals surface area contributed by atoms with Crippen LogP contribution in [-0.4, -0.2) is 15.0 Å². The third-order valence-electron chi connectivity index (χ3n) is 2.07. The molecular weight excluding hydrogens is 220 g/mol. The predicted molar refractivity (Wildman–Crippen MR) is 64.3 cm³/mol. The van der Waals surface area contributed by atoms with Crippen molar-refractivity contribution >= 4 is 17.4 Å². The molecule has 0 radical (unpaired) electrons. The van der Waals surface area contributed by atoms with Gasteiger partial charge in [-0.05, 0) is 42.8 Å². The van der Waals surface area contributed by atoms with Crippen molar-refractivity contribution in [2.75, 3.05) is 5.73 Å². The number of hydrogen-bond donors (Lipinski definition) is 1. The van der Waals surface area contributed by atoms with Crippen LogP contribution in [0.1, 0.15) is 11.1 Å². The molecule has 0 aromatic carbocycles. The van der Waals surface area contributed by atoms with Crippen LogP contribution in [0, 0.1) is 13.8 Å². The summed E-state index contributed by atoms with van der Waals surface area (Å²) in [5.74, 6) is 0. The van der Waals surface area contributed by atoms with Crippen LogP contribution in [0.5, 0.6) is 0 Å². The summed E-state index contributed by atoms with van der Waals surface area (Å²) in [6.45, 7) is 3.88. The van der Waals surface area contributed by atoms with Gasteiger partial charge in [-0.15, -0.1) is 0 Å². The van der Waals surface area contributed by atoms with Gasteiger partial charge in [0.05, 0.1) is 0 Å². The molecule has 0 saturated heterocycles. The molecule has 0 atom stereocenters. The lowest BCUT2D eigenvalue weighted by molar-refractivity contribution is 0.944. The number of pyridine rings is 1. The third kappa shape index (κ3) is 2.49. The van der Waals surface area contributed by atoms with Gasteiger partial charge in [-0.2, -0.15) is 0 Å². The molecule has 5 heteroatoms. The van der Waals surface area contributed by atoms with Crippen LogP contribution >= 0.6 is 11.8 Å². The predicted octanol–water partition coefficient (Wildman–Crippen LogP) is 2.22. The fourth-order valence-corrected chi connectivity index (χ4v) is 1.79. The van der Waals surface area contributed by atoms with E-state index in [0.29, 0.717) is 5.16 Å². The van der Waals surface area contributed by atoms with E-state index in [9.17, 15) is 0 Å². The van der Waals surface area contributed by atoms with E-state index < -0.39 is 0 Å². The molecule has 2 aromatic rings. The minimum atomic E-state index is 0.682. The number of nitrogen functional groups attached to an aromatic ring is 1. The van der Waals surface area contributed by atoms with E-state index in [1.54, 1.807) is 18.6 Å². The highest BCUT2D eigenvalue weighted by Crippen LogP contribution is 2.24. The molecule has 2 aromatic heterocycles. The third-order valence-corrected chi connectivity index (χ3v) is 2.90. The average molecular weight is 232 g/mol. The Morgan fingerprint density at radius 2 is 1.75 bits per heavy atom. The lowest BCUT2D eigenvalue weighted by atomic mass is 10.3. The molecule has 16 heavy (non-hydrogen) atoms. The van der Waals surface area contributed by atoms with Gasteiger partial charge in [0.25, 0.3) is 0 Å². The summed E-state index contributed by atoms with van der Waals surface area (Å²) < 4.78 is 0. The van der Waals surface area contributed by atoms with Gasteiger partial charge in [-0.1, -0.05) is 0 Å². The highest BCUT2D eigenvalue weighted by atomic mass is 32.2. The summed E-state index contributed by atoms with van der Waals surface area (Å²) >= 11 is 1.41. The van der Waals surface area contributed by atoms with Crippen molar-refractivity contribution in [2.24, 2.45) is 0 Å². The van der Waals surface area contributed by atoms with Crippen LogP contribution < -0.4 is 5.73 Å². The van der Waals surface area contributed by atoms with Crippen LogP contribution in [0.25, 0.3) is 0 Å². The van der Waals surface area contributed by atoms with Crippen molar-refractivity contribution in [2.45, 2.75) is 24.0 Å². The molecule has 0 fully saturated rings. The summed E-state index contributed by atoms with van der Waals surface area (Å²) in [6.07, 6.45) is 5.33. The quantitative estimate of drug-likeness (QED) is 0.804. The maximum absolute atomic E-state index is 5.80. The van der Waals surface area contributed by atoms with Gasteiger partial charge < -0.3 is 5.73 Å². The first kappa shape index (κ1) is 10.9. The molecule has 0 aliphatic heterocycles. The summed E-state index contributed by atoms with van der Waals surface area (Å²) in [4.78, 5) is 12.7. The molecule has 82 valence electrons. The van der Waals surface area contributed by atoms with E-state index >= 15 is 0 Å². The van der Waals surface area contributed by atoms with Gasteiger partial charge in [0.2, 0.25) is 0 Å². The summed E-state index contributed by atoms with van der Waals surface area (Å²) in [5.41, 5.74) is 8.57. The topological polar surface area (TPSA) is 64.7 Å². The average Bonchev–Trinajstić information content (AvgIpc) is 2.27. The second-order valence-electron chi connectivity index (χ2n) is 3.52. The lowest BCUT2D eigenvalue weighted by Crippen LogP contribution is -1.93. The van der Waals surface area contributed by atoms with E-state index in [-0.39, 0.29) is 0 Å². The first-order valence-electron chi connectivity index (χ1n) is 4.84. The summed E-state index contributed by atoms with van der Waals surface area (Å²) in [7, 11) is 0. The summed E-state index contributed by atoms with van der Waals surface area (Å²) in [5, 5.41) is 1.49. The number of anilines is 1. The molecule has 0 amide bonds. The SMILES string of the molecule is Cc1cnc(Sc2cc(N)c(C)cn2)nc1. The van der Waals surface area contributed by atoms with Gasteiger partial charge in [-0.25, -0.2) is 15.0 Å². The molecule has 2 heterocycles. The number of nitrogens with two attached hydrogens (primary N) is 1. The fraction of sp³-hybridized carbons (Fsp3) is 0.182. The van der Waals surface area contributed by atoms with E-state index in [4.69, 9.17) is 5.73 Å². The Balaban J connectivity index is 2.20. The Bertz CT molecular complexity index is 496. The Morgan fingerprint density at radius 3 is 2.38 bits per heavy atom. The number of rotatable bonds is 2. The minimum Gasteiger partial charge on any atom is -0.398 e. The Morgan fingerprint density at radius 1 is 1.06 bits per heavy atom. The maximum Gasteiger partial charge on any atom is 0.193 e. The zero-order chi connectivity index (χ0) is 11.5. The molecule has 0 aliphatic carbocycles. The fourth-order valence-electron chi connectivity index (χ4n) is 1.10. The molecule has 2 rings (SSSR count). The minimum absolute atomic E-state index is 0.682. The van der Waals surface area contributed by atoms with Gasteiger partial charge >= 0.3 is 0 Å². The van der Waals surface area contributed by atoms with Gasteiger partial charge in [-0.3, -0.25) is 0 Å². The van der Waals surface area contributed by atoms with Crippen LogP contribution in [0.3, 0.4) is 0 Å². The monoisotopic (exact) mass is 232 g/mol. The first-order chi connectivity index (χ1) is 7.65. The number of aromatic nitrogens is 3. The lowest BCUT2D eigenvalue weighted by Gasteiger charge is -2.02. The zero-order valence-corrected chi connectivity index (χ0v) is 9.95. The zero-order valence-electron chi connectivity index (χ0n) is 9.14.